The molecule has 0 aliphatic carbocycles. The number of amides is 4. The monoisotopic (exact) mass is 459 g/mol. The predicted octanol–water partition coefficient (Wildman–Crippen LogP) is 1.54. The first-order chi connectivity index (χ1) is 16.0. The summed E-state index contributed by atoms with van der Waals surface area (Å²) in [5.74, 6) is -0.0437. The van der Waals surface area contributed by atoms with Crippen LogP contribution in [0.4, 0.5) is 10.5 Å². The molecule has 9 nitrogen and oxygen atoms in total. The van der Waals surface area contributed by atoms with Gasteiger partial charge in [-0.15, -0.1) is 0 Å². The lowest BCUT2D eigenvalue weighted by Gasteiger charge is -2.38. The van der Waals surface area contributed by atoms with Crippen LogP contribution in [0.15, 0.2) is 24.3 Å². The molecule has 4 amide bonds. The number of carbonyl (C=O) groups is 3. The van der Waals surface area contributed by atoms with E-state index in [4.69, 9.17) is 4.74 Å². The molecule has 182 valence electrons. The molecule has 1 unspecified atom stereocenters. The van der Waals surface area contributed by atoms with Gasteiger partial charge in [0.1, 0.15) is 0 Å². The van der Waals surface area contributed by atoms with Crippen molar-refractivity contribution in [1.82, 2.24) is 20.0 Å². The first kappa shape index (κ1) is 25.0. The zero-order valence-electron chi connectivity index (χ0n) is 19.8. The summed E-state index contributed by atoms with van der Waals surface area (Å²) < 4.78 is 4.98. The van der Waals surface area contributed by atoms with Crippen LogP contribution in [0.5, 0.6) is 0 Å². The second-order valence-corrected chi connectivity index (χ2v) is 8.88. The molecule has 33 heavy (non-hydrogen) atoms. The highest BCUT2D eigenvalue weighted by atomic mass is 16.5. The lowest BCUT2D eigenvalue weighted by molar-refractivity contribution is -0.138. The number of piperazine rings is 1. The molecule has 1 aromatic rings. The number of urea groups is 1. The third-order valence-electron chi connectivity index (χ3n) is 6.23. The van der Waals surface area contributed by atoms with Crippen molar-refractivity contribution in [1.29, 1.82) is 0 Å². The van der Waals surface area contributed by atoms with Crippen LogP contribution < -0.4 is 10.6 Å². The molecule has 0 saturated carbocycles. The molecule has 0 radical (unpaired) electrons. The number of hydrogen-bond donors (Lipinski definition) is 2. The average molecular weight is 460 g/mol. The van der Waals surface area contributed by atoms with E-state index in [9.17, 15) is 14.4 Å². The number of nitrogens with zero attached hydrogens (tertiary/aromatic N) is 3. The summed E-state index contributed by atoms with van der Waals surface area (Å²) in [6, 6.07) is 7.55. The number of methoxy groups -OCH3 is 1. The molecule has 2 aliphatic heterocycles. The molecule has 2 saturated heterocycles. The Hall–Kier alpha value is -2.65. The number of carbonyl (C=O) groups excluding carboxylic acids is 3. The van der Waals surface area contributed by atoms with E-state index in [1.165, 1.54) is 0 Å². The average Bonchev–Trinajstić information content (AvgIpc) is 2.82. The largest absolute Gasteiger partial charge is 0.385 e. The molecule has 1 atom stereocenters. The minimum atomic E-state index is -0.169. The van der Waals surface area contributed by atoms with Crippen molar-refractivity contribution < 1.29 is 19.1 Å². The molecule has 0 bridgehead atoms. The van der Waals surface area contributed by atoms with Crippen molar-refractivity contribution in [3.8, 4) is 0 Å². The Morgan fingerprint density at radius 3 is 2.61 bits per heavy atom. The van der Waals surface area contributed by atoms with Crippen molar-refractivity contribution >= 4 is 23.5 Å². The maximum atomic E-state index is 13.1. The van der Waals surface area contributed by atoms with Gasteiger partial charge >= 0.3 is 6.03 Å². The Labute approximate surface area is 196 Å². The standard InChI is InChI=1S/C24H37N5O4/c1-19-6-3-8-21(16-19)26-24(32)29-10-4-7-20(17-29)23(31)28-13-11-27(12-14-28)18-22(30)25-9-5-15-33-2/h3,6,8,16,20H,4-5,7,9-15,17-18H2,1-2H3,(H,25,30)(H,26,32). The normalized spacial score (nSPS) is 19.3. The second-order valence-electron chi connectivity index (χ2n) is 8.88. The number of aryl methyl sites for hydroxylation is 1. The number of likely N-dealkylation sites (tertiary alicyclic amines) is 1. The number of rotatable bonds is 8. The minimum absolute atomic E-state index is 0.00780. The third kappa shape index (κ3) is 7.71. The van der Waals surface area contributed by atoms with Gasteiger partial charge in [-0.1, -0.05) is 12.1 Å². The number of hydrogen-bond acceptors (Lipinski definition) is 5. The Morgan fingerprint density at radius 1 is 1.09 bits per heavy atom. The molecule has 0 aromatic heterocycles. The van der Waals surface area contributed by atoms with Crippen molar-refractivity contribution in [3.63, 3.8) is 0 Å². The SMILES string of the molecule is COCCCNC(=O)CN1CCN(C(=O)C2CCCN(C(=O)Nc3cccc(C)c3)C2)CC1. The number of nitrogens with one attached hydrogen (secondary N) is 2. The molecule has 2 aliphatic rings. The smallest absolute Gasteiger partial charge is 0.321 e. The highest BCUT2D eigenvalue weighted by Crippen LogP contribution is 2.21. The Morgan fingerprint density at radius 2 is 1.88 bits per heavy atom. The summed E-state index contributed by atoms with van der Waals surface area (Å²) in [6.07, 6.45) is 2.42. The van der Waals surface area contributed by atoms with E-state index in [1.54, 1.807) is 12.0 Å². The zero-order chi connectivity index (χ0) is 23.6. The fourth-order valence-corrected chi connectivity index (χ4v) is 4.38. The highest BCUT2D eigenvalue weighted by molar-refractivity contribution is 5.90. The van der Waals surface area contributed by atoms with Gasteiger partial charge in [0.2, 0.25) is 11.8 Å². The van der Waals surface area contributed by atoms with Gasteiger partial charge in [-0.05, 0) is 43.9 Å². The van der Waals surface area contributed by atoms with Crippen LogP contribution in [-0.4, -0.2) is 98.6 Å². The van der Waals surface area contributed by atoms with Crippen molar-refractivity contribution in [2.45, 2.75) is 26.2 Å². The summed E-state index contributed by atoms with van der Waals surface area (Å²) in [6.45, 7) is 7.28. The topological polar surface area (TPSA) is 94.2 Å². The number of ether oxygens (including phenoxy) is 1. The van der Waals surface area contributed by atoms with Crippen molar-refractivity contribution in [3.05, 3.63) is 29.8 Å². The predicted molar refractivity (Wildman–Crippen MR) is 127 cm³/mol. The van der Waals surface area contributed by atoms with Crippen LogP contribution >= 0.6 is 0 Å². The van der Waals surface area contributed by atoms with Gasteiger partial charge in [0.25, 0.3) is 0 Å². The number of benzene rings is 1. The maximum absolute atomic E-state index is 13.1. The minimum Gasteiger partial charge on any atom is -0.385 e. The van der Waals surface area contributed by atoms with Crippen LogP contribution in [0, 0.1) is 12.8 Å². The maximum Gasteiger partial charge on any atom is 0.321 e. The first-order valence-electron chi connectivity index (χ1n) is 11.9. The van der Waals surface area contributed by atoms with Gasteiger partial charge in [-0.25, -0.2) is 4.79 Å². The fraction of sp³-hybridized carbons (Fsp3) is 0.625. The van der Waals surface area contributed by atoms with Gasteiger partial charge in [-0.3, -0.25) is 14.5 Å². The van der Waals surface area contributed by atoms with Gasteiger partial charge < -0.3 is 25.2 Å². The summed E-state index contributed by atoms with van der Waals surface area (Å²) in [7, 11) is 1.65. The zero-order valence-corrected chi connectivity index (χ0v) is 19.8. The molecule has 2 fully saturated rings. The Balaban J connectivity index is 1.41. The fourth-order valence-electron chi connectivity index (χ4n) is 4.38. The summed E-state index contributed by atoms with van der Waals surface area (Å²) in [5, 5.41) is 5.85. The van der Waals surface area contributed by atoms with E-state index >= 15 is 0 Å². The Kier molecular flexibility index (Phi) is 9.50. The molecule has 9 heteroatoms. The van der Waals surface area contributed by atoms with Crippen LogP contribution in [0.25, 0.3) is 0 Å². The molecule has 2 N–H and O–H groups in total. The molecule has 2 heterocycles. The van der Waals surface area contributed by atoms with Crippen LogP contribution in [0.3, 0.4) is 0 Å². The molecular weight excluding hydrogens is 422 g/mol. The second kappa shape index (κ2) is 12.6. The lowest BCUT2D eigenvalue weighted by atomic mass is 9.96. The molecular formula is C24H37N5O4. The van der Waals surface area contributed by atoms with E-state index in [-0.39, 0.29) is 23.8 Å². The first-order valence-corrected chi connectivity index (χ1v) is 11.9. The highest BCUT2D eigenvalue weighted by Gasteiger charge is 2.32. The molecule has 1 aromatic carbocycles. The van der Waals surface area contributed by atoms with Gasteiger partial charge in [-0.2, -0.15) is 0 Å². The van der Waals surface area contributed by atoms with E-state index in [1.807, 2.05) is 36.1 Å². The summed E-state index contributed by atoms with van der Waals surface area (Å²) >= 11 is 0. The van der Waals surface area contributed by atoms with Crippen LogP contribution in [-0.2, 0) is 14.3 Å². The lowest BCUT2D eigenvalue weighted by Crippen LogP contribution is -2.54. The summed E-state index contributed by atoms with van der Waals surface area (Å²) in [4.78, 5) is 43.6. The quantitative estimate of drug-likeness (QED) is 0.575. The van der Waals surface area contributed by atoms with Crippen LogP contribution in [0.1, 0.15) is 24.8 Å². The molecule has 0 spiro atoms. The summed E-state index contributed by atoms with van der Waals surface area (Å²) in [5.41, 5.74) is 1.86. The van der Waals surface area contributed by atoms with Crippen molar-refractivity contribution in [2.75, 3.05) is 71.4 Å². The molecule has 3 rings (SSSR count). The number of anilines is 1. The Bertz CT molecular complexity index is 810. The van der Waals surface area contributed by atoms with Crippen LogP contribution in [0.2, 0.25) is 0 Å². The van der Waals surface area contributed by atoms with E-state index in [0.717, 1.165) is 30.5 Å². The van der Waals surface area contributed by atoms with Gasteiger partial charge in [0.15, 0.2) is 0 Å². The van der Waals surface area contributed by atoms with Gasteiger partial charge in [0.05, 0.1) is 12.5 Å². The van der Waals surface area contributed by atoms with Crippen molar-refractivity contribution in [2.24, 2.45) is 5.92 Å². The third-order valence-corrected chi connectivity index (χ3v) is 6.23. The van der Waals surface area contributed by atoms with E-state index < -0.39 is 0 Å². The number of piperidine rings is 1. The van der Waals surface area contributed by atoms with E-state index in [2.05, 4.69) is 15.5 Å². The van der Waals surface area contributed by atoms with E-state index in [0.29, 0.717) is 59.0 Å². The van der Waals surface area contributed by atoms with Gasteiger partial charge in [0, 0.05) is 65.2 Å².